The van der Waals surface area contributed by atoms with E-state index in [2.05, 4.69) is 59.6 Å². The SMILES string of the molecule is CC1(Cl)CCC2(CC1Br)C(C)(C)C(Br)CC1OC12C. The minimum atomic E-state index is -0.124. The zero-order valence-corrected chi connectivity index (χ0v) is 16.0. The summed E-state index contributed by atoms with van der Waals surface area (Å²) in [5, 5.41) is 0. The van der Waals surface area contributed by atoms with Crippen LogP contribution in [0.5, 0.6) is 0 Å². The smallest absolute Gasteiger partial charge is 0.0982 e. The third kappa shape index (κ3) is 1.80. The third-order valence-corrected chi connectivity index (χ3v) is 10.1. The fourth-order valence-electron chi connectivity index (χ4n) is 4.65. The van der Waals surface area contributed by atoms with Crippen LogP contribution in [0.2, 0.25) is 0 Å². The number of rotatable bonds is 0. The zero-order chi connectivity index (χ0) is 14.3. The molecule has 0 radical (unpaired) electrons. The highest BCUT2D eigenvalue weighted by Gasteiger charge is 2.75. The summed E-state index contributed by atoms with van der Waals surface area (Å²) in [4.78, 5) is 0.760. The fourth-order valence-corrected chi connectivity index (χ4v) is 6.38. The molecule has 0 aromatic carbocycles. The highest BCUT2D eigenvalue weighted by Crippen LogP contribution is 2.72. The summed E-state index contributed by atoms with van der Waals surface area (Å²) in [6, 6.07) is 0. The molecule has 6 unspecified atom stereocenters. The molecule has 0 aromatic heterocycles. The molecule has 6 atom stereocenters. The fraction of sp³-hybridized carbons (Fsp3) is 1.00. The van der Waals surface area contributed by atoms with Gasteiger partial charge in [-0.2, -0.15) is 0 Å². The first-order valence-electron chi connectivity index (χ1n) is 7.22. The van der Waals surface area contributed by atoms with Gasteiger partial charge in [0, 0.05) is 15.1 Å². The van der Waals surface area contributed by atoms with Gasteiger partial charge in [0.1, 0.15) is 0 Å². The summed E-state index contributed by atoms with van der Waals surface area (Å²) in [6.45, 7) is 9.31. The van der Waals surface area contributed by atoms with Crippen LogP contribution in [0, 0.1) is 10.8 Å². The molecule has 1 nitrogen and oxygen atoms in total. The van der Waals surface area contributed by atoms with Crippen LogP contribution in [0.1, 0.15) is 53.4 Å². The van der Waals surface area contributed by atoms with Crippen molar-refractivity contribution >= 4 is 43.5 Å². The Hall–Kier alpha value is 1.21. The van der Waals surface area contributed by atoms with Gasteiger partial charge in [0.2, 0.25) is 0 Å². The van der Waals surface area contributed by atoms with Crippen molar-refractivity contribution in [1.29, 1.82) is 0 Å². The van der Waals surface area contributed by atoms with Crippen LogP contribution >= 0.6 is 43.5 Å². The highest BCUT2D eigenvalue weighted by molar-refractivity contribution is 9.09. The molecule has 0 aromatic rings. The Balaban J connectivity index is 2.01. The Bertz CT molecular complexity index is 411. The molecule has 1 heterocycles. The van der Waals surface area contributed by atoms with E-state index in [0.717, 1.165) is 25.7 Å². The first-order valence-corrected chi connectivity index (χ1v) is 9.43. The first kappa shape index (κ1) is 15.1. The molecular weight excluding hydrogens is 391 g/mol. The molecule has 0 amide bonds. The molecule has 2 aliphatic carbocycles. The van der Waals surface area contributed by atoms with E-state index in [4.69, 9.17) is 16.3 Å². The van der Waals surface area contributed by atoms with E-state index in [1.165, 1.54) is 0 Å². The molecule has 1 aliphatic heterocycles. The molecule has 19 heavy (non-hydrogen) atoms. The van der Waals surface area contributed by atoms with Crippen molar-refractivity contribution in [3.05, 3.63) is 0 Å². The molecule has 3 rings (SSSR count). The lowest BCUT2D eigenvalue weighted by Gasteiger charge is -2.59. The molecule has 0 bridgehead atoms. The van der Waals surface area contributed by atoms with Crippen LogP contribution in [0.4, 0.5) is 0 Å². The minimum absolute atomic E-state index is 0.0557. The summed E-state index contributed by atoms with van der Waals surface area (Å²) in [5.41, 5.74) is 0.508. The van der Waals surface area contributed by atoms with Gasteiger partial charge in [-0.05, 0) is 44.9 Å². The zero-order valence-electron chi connectivity index (χ0n) is 12.1. The molecule has 3 fully saturated rings. The molecule has 110 valence electrons. The second-order valence-corrected chi connectivity index (χ2v) is 10.7. The van der Waals surface area contributed by atoms with Gasteiger partial charge in [-0.3, -0.25) is 0 Å². The summed E-state index contributed by atoms with van der Waals surface area (Å²) in [6.07, 6.45) is 4.89. The maximum atomic E-state index is 6.66. The van der Waals surface area contributed by atoms with E-state index in [-0.39, 0.29) is 21.3 Å². The largest absolute Gasteiger partial charge is 0.366 e. The van der Waals surface area contributed by atoms with Gasteiger partial charge < -0.3 is 4.74 Å². The van der Waals surface area contributed by atoms with Crippen molar-refractivity contribution in [2.75, 3.05) is 0 Å². The second kappa shape index (κ2) is 4.14. The van der Waals surface area contributed by atoms with Crippen LogP contribution < -0.4 is 0 Å². The summed E-state index contributed by atoms with van der Waals surface area (Å²) >= 11 is 14.5. The van der Waals surface area contributed by atoms with Crippen molar-refractivity contribution in [2.45, 2.75) is 79.6 Å². The third-order valence-electron chi connectivity index (χ3n) is 6.55. The number of epoxide rings is 1. The van der Waals surface area contributed by atoms with Crippen LogP contribution in [-0.2, 0) is 4.74 Å². The standard InChI is InChI=1S/C15H23Br2ClO/c1-12(2)9(16)7-11-14(4,19-11)15(12)6-5-13(3,18)10(17)8-15/h9-11H,5-8H2,1-4H3. The van der Waals surface area contributed by atoms with E-state index in [0.29, 0.717) is 15.8 Å². The van der Waals surface area contributed by atoms with Crippen LogP contribution in [0.15, 0.2) is 0 Å². The maximum absolute atomic E-state index is 6.66. The van der Waals surface area contributed by atoms with Gasteiger partial charge in [0.15, 0.2) is 0 Å². The Morgan fingerprint density at radius 2 is 1.68 bits per heavy atom. The number of hydrogen-bond donors (Lipinski definition) is 0. The van der Waals surface area contributed by atoms with Crippen molar-refractivity contribution in [3.8, 4) is 0 Å². The lowest BCUT2D eigenvalue weighted by atomic mass is 9.47. The number of ether oxygens (including phenoxy) is 1. The topological polar surface area (TPSA) is 12.5 Å². The van der Waals surface area contributed by atoms with E-state index in [9.17, 15) is 0 Å². The molecule has 0 N–H and O–H groups in total. The monoisotopic (exact) mass is 412 g/mol. The summed E-state index contributed by atoms with van der Waals surface area (Å²) in [7, 11) is 0. The number of halogens is 3. The van der Waals surface area contributed by atoms with Gasteiger partial charge >= 0.3 is 0 Å². The van der Waals surface area contributed by atoms with Gasteiger partial charge in [0.05, 0.1) is 16.6 Å². The van der Waals surface area contributed by atoms with Crippen molar-refractivity contribution in [3.63, 3.8) is 0 Å². The second-order valence-electron chi connectivity index (χ2n) is 7.67. The maximum Gasteiger partial charge on any atom is 0.0982 e. The summed E-state index contributed by atoms with van der Waals surface area (Å²) in [5.74, 6) is 0. The van der Waals surface area contributed by atoms with Crippen molar-refractivity contribution in [2.24, 2.45) is 10.8 Å². The van der Waals surface area contributed by atoms with Gasteiger partial charge in [-0.15, -0.1) is 11.6 Å². The van der Waals surface area contributed by atoms with Crippen molar-refractivity contribution < 1.29 is 4.74 Å². The lowest BCUT2D eigenvalue weighted by Crippen LogP contribution is -2.61. The molecule has 3 aliphatic rings. The Morgan fingerprint density at radius 1 is 1.05 bits per heavy atom. The van der Waals surface area contributed by atoms with Gasteiger partial charge in [-0.1, -0.05) is 45.7 Å². The Morgan fingerprint density at radius 3 is 2.26 bits per heavy atom. The minimum Gasteiger partial charge on any atom is -0.366 e. The van der Waals surface area contributed by atoms with Gasteiger partial charge in [-0.25, -0.2) is 0 Å². The van der Waals surface area contributed by atoms with Crippen LogP contribution in [-0.4, -0.2) is 26.2 Å². The lowest BCUT2D eigenvalue weighted by molar-refractivity contribution is -0.0547. The number of alkyl halides is 3. The Kier molecular flexibility index (Phi) is 3.30. The van der Waals surface area contributed by atoms with E-state index < -0.39 is 0 Å². The first-order chi connectivity index (χ1) is 8.57. The predicted molar refractivity (Wildman–Crippen MR) is 87.6 cm³/mol. The molecule has 1 spiro atoms. The quantitative estimate of drug-likeness (QED) is 0.389. The number of fused-ring (bicyclic) bond motifs is 2. The van der Waals surface area contributed by atoms with E-state index in [1.807, 2.05) is 0 Å². The Labute approximate surface area is 138 Å². The number of hydrogen-bond acceptors (Lipinski definition) is 1. The molecule has 4 heteroatoms. The predicted octanol–water partition coefficient (Wildman–Crippen LogP) is 5.27. The van der Waals surface area contributed by atoms with Crippen LogP contribution in [0.25, 0.3) is 0 Å². The van der Waals surface area contributed by atoms with E-state index in [1.54, 1.807) is 0 Å². The average Bonchev–Trinajstić information content (AvgIpc) is 2.94. The molecular formula is C15H23Br2ClO. The molecule has 2 saturated carbocycles. The van der Waals surface area contributed by atoms with Crippen LogP contribution in [0.3, 0.4) is 0 Å². The highest BCUT2D eigenvalue weighted by atomic mass is 79.9. The van der Waals surface area contributed by atoms with E-state index >= 15 is 0 Å². The molecule has 1 saturated heterocycles. The average molecular weight is 415 g/mol. The normalized spacial score (nSPS) is 59.8. The van der Waals surface area contributed by atoms with Crippen molar-refractivity contribution in [1.82, 2.24) is 0 Å². The summed E-state index contributed by atoms with van der Waals surface area (Å²) < 4.78 is 6.19. The van der Waals surface area contributed by atoms with Gasteiger partial charge in [0.25, 0.3) is 0 Å².